The third kappa shape index (κ3) is 5.11. The highest BCUT2D eigenvalue weighted by Gasteiger charge is 2.35. The van der Waals surface area contributed by atoms with E-state index in [0.29, 0.717) is 0 Å². The fourth-order valence-electron chi connectivity index (χ4n) is 2.83. The van der Waals surface area contributed by atoms with Crippen LogP contribution >= 0.6 is 15.9 Å². The number of benzene rings is 2. The van der Waals surface area contributed by atoms with Gasteiger partial charge in [-0.25, -0.2) is 22.9 Å². The Kier molecular flexibility index (Phi) is 6.82. The molecular formula is C20H12BrF5N2O6. The number of rotatable bonds is 6. The molecule has 0 aliphatic carbocycles. The molecule has 0 radical (unpaired) electrons. The highest BCUT2D eigenvalue weighted by Crippen LogP contribution is 2.37. The SMILES string of the molecule is Cn1c(C(F)(F)F)cc(=O)n(-c2cc(Oc3cc(F)ccc3OCC(=O)O)c(Br)cc2F)c1=O. The van der Waals surface area contributed by atoms with Gasteiger partial charge in [0.1, 0.15) is 23.1 Å². The van der Waals surface area contributed by atoms with Crippen LogP contribution in [0.25, 0.3) is 5.69 Å². The summed E-state index contributed by atoms with van der Waals surface area (Å²) in [5.41, 5.74) is -5.23. The number of halogens is 6. The molecule has 3 rings (SSSR count). The second-order valence-electron chi connectivity index (χ2n) is 6.65. The van der Waals surface area contributed by atoms with Crippen LogP contribution in [0.4, 0.5) is 22.0 Å². The van der Waals surface area contributed by atoms with E-state index in [4.69, 9.17) is 14.6 Å². The third-order valence-electron chi connectivity index (χ3n) is 4.33. The largest absolute Gasteiger partial charge is 0.479 e. The predicted molar refractivity (Wildman–Crippen MR) is 110 cm³/mol. The molecule has 0 spiro atoms. The van der Waals surface area contributed by atoms with Crippen molar-refractivity contribution in [1.29, 1.82) is 0 Å². The lowest BCUT2D eigenvalue weighted by molar-refractivity contribution is -0.144. The van der Waals surface area contributed by atoms with Crippen molar-refractivity contribution in [3.63, 3.8) is 0 Å². The number of aromatic nitrogens is 2. The Morgan fingerprint density at radius 3 is 2.35 bits per heavy atom. The lowest BCUT2D eigenvalue weighted by Crippen LogP contribution is -2.41. The highest BCUT2D eigenvalue weighted by atomic mass is 79.9. The second kappa shape index (κ2) is 9.29. The number of carboxylic acids is 1. The molecule has 180 valence electrons. The number of hydrogen-bond acceptors (Lipinski definition) is 5. The molecule has 0 unspecified atom stereocenters. The van der Waals surface area contributed by atoms with Gasteiger partial charge in [-0.15, -0.1) is 0 Å². The average molecular weight is 551 g/mol. The van der Waals surface area contributed by atoms with Crippen molar-refractivity contribution in [2.24, 2.45) is 7.05 Å². The normalized spacial score (nSPS) is 11.4. The fourth-order valence-corrected chi connectivity index (χ4v) is 3.22. The van der Waals surface area contributed by atoms with Crippen molar-refractivity contribution in [1.82, 2.24) is 9.13 Å². The minimum absolute atomic E-state index is 0.0843. The maximum absolute atomic E-state index is 14.7. The molecule has 0 saturated heterocycles. The van der Waals surface area contributed by atoms with Crippen molar-refractivity contribution in [2.75, 3.05) is 6.61 Å². The first-order valence-electron chi connectivity index (χ1n) is 9.01. The Balaban J connectivity index is 2.14. The van der Waals surface area contributed by atoms with Gasteiger partial charge in [0, 0.05) is 25.2 Å². The maximum Gasteiger partial charge on any atom is 0.431 e. The van der Waals surface area contributed by atoms with Crippen LogP contribution in [-0.4, -0.2) is 26.8 Å². The zero-order valence-electron chi connectivity index (χ0n) is 16.8. The molecule has 3 aromatic rings. The fraction of sp³-hybridized carbons (Fsp3) is 0.150. The molecule has 14 heteroatoms. The lowest BCUT2D eigenvalue weighted by atomic mass is 10.2. The number of nitrogens with zero attached hydrogens (tertiary/aromatic N) is 2. The Bertz CT molecular complexity index is 1400. The molecule has 8 nitrogen and oxygen atoms in total. The Morgan fingerprint density at radius 1 is 1.06 bits per heavy atom. The summed E-state index contributed by atoms with van der Waals surface area (Å²) >= 11 is 2.99. The lowest BCUT2D eigenvalue weighted by Gasteiger charge is -2.16. The Morgan fingerprint density at radius 2 is 1.74 bits per heavy atom. The third-order valence-corrected chi connectivity index (χ3v) is 4.95. The van der Waals surface area contributed by atoms with Crippen molar-refractivity contribution in [3.05, 3.63) is 79.0 Å². The van der Waals surface area contributed by atoms with E-state index in [0.717, 1.165) is 37.4 Å². The van der Waals surface area contributed by atoms with Gasteiger partial charge < -0.3 is 14.6 Å². The van der Waals surface area contributed by atoms with Crippen molar-refractivity contribution in [3.8, 4) is 22.9 Å². The smallest absolute Gasteiger partial charge is 0.431 e. The number of carbonyl (C=O) groups is 1. The minimum Gasteiger partial charge on any atom is -0.479 e. The number of ether oxygens (including phenoxy) is 2. The Labute approximate surface area is 194 Å². The van der Waals surface area contributed by atoms with Crippen molar-refractivity contribution >= 4 is 21.9 Å². The molecule has 2 aromatic carbocycles. The Hall–Kier alpha value is -3.68. The predicted octanol–water partition coefficient (Wildman–Crippen LogP) is 3.85. The molecule has 0 fully saturated rings. The first-order chi connectivity index (χ1) is 15.8. The molecule has 1 aromatic heterocycles. The van der Waals surface area contributed by atoms with Gasteiger partial charge >= 0.3 is 17.8 Å². The van der Waals surface area contributed by atoms with Crippen LogP contribution in [0, 0.1) is 11.6 Å². The molecule has 0 aliphatic rings. The quantitative estimate of drug-likeness (QED) is 0.468. The topological polar surface area (TPSA) is 99.8 Å². The van der Waals surface area contributed by atoms with Gasteiger partial charge in [-0.3, -0.25) is 9.36 Å². The first kappa shape index (κ1) is 25.0. The van der Waals surface area contributed by atoms with Gasteiger partial charge in [0.15, 0.2) is 18.1 Å². The summed E-state index contributed by atoms with van der Waals surface area (Å²) in [7, 11) is 0.758. The summed E-state index contributed by atoms with van der Waals surface area (Å²) in [4.78, 5) is 35.6. The summed E-state index contributed by atoms with van der Waals surface area (Å²) in [5.74, 6) is -4.14. The van der Waals surface area contributed by atoms with Crippen LogP contribution in [0.5, 0.6) is 17.2 Å². The molecular weight excluding hydrogens is 539 g/mol. The van der Waals surface area contributed by atoms with Crippen LogP contribution in [0.3, 0.4) is 0 Å². The van der Waals surface area contributed by atoms with Gasteiger partial charge in [-0.05, 0) is 34.1 Å². The summed E-state index contributed by atoms with van der Waals surface area (Å²) in [5, 5.41) is 8.77. The summed E-state index contributed by atoms with van der Waals surface area (Å²) in [6, 6.07) is 4.58. The first-order valence-corrected chi connectivity index (χ1v) is 9.80. The number of carboxylic acid groups (broad SMARTS) is 1. The molecule has 1 heterocycles. The van der Waals surface area contributed by atoms with E-state index in [1.165, 1.54) is 0 Å². The van der Waals surface area contributed by atoms with Crippen LogP contribution < -0.4 is 20.7 Å². The van der Waals surface area contributed by atoms with Crippen LogP contribution in [-0.2, 0) is 18.0 Å². The van der Waals surface area contributed by atoms with Crippen LogP contribution in [0.15, 0.2) is 50.5 Å². The van der Waals surface area contributed by atoms with Crippen molar-refractivity contribution < 1.29 is 41.3 Å². The van der Waals surface area contributed by atoms with Gasteiger partial charge in [-0.2, -0.15) is 13.2 Å². The van der Waals surface area contributed by atoms with Crippen molar-refractivity contribution in [2.45, 2.75) is 6.18 Å². The molecule has 0 atom stereocenters. The average Bonchev–Trinajstić information content (AvgIpc) is 2.72. The maximum atomic E-state index is 14.7. The van der Waals surface area contributed by atoms with E-state index in [1.54, 1.807) is 0 Å². The van der Waals surface area contributed by atoms with E-state index >= 15 is 0 Å². The highest BCUT2D eigenvalue weighted by molar-refractivity contribution is 9.10. The van der Waals surface area contributed by atoms with Gasteiger partial charge in [-0.1, -0.05) is 0 Å². The number of aliphatic carboxylic acids is 1. The van der Waals surface area contributed by atoms with Gasteiger partial charge in [0.25, 0.3) is 5.56 Å². The molecule has 1 N–H and O–H groups in total. The molecule has 34 heavy (non-hydrogen) atoms. The summed E-state index contributed by atoms with van der Waals surface area (Å²) < 4.78 is 78.3. The minimum atomic E-state index is -5.01. The van der Waals surface area contributed by atoms with Gasteiger partial charge in [0.05, 0.1) is 10.2 Å². The van der Waals surface area contributed by atoms with Crippen LogP contribution in [0.1, 0.15) is 5.69 Å². The van der Waals surface area contributed by atoms with E-state index in [9.17, 15) is 36.3 Å². The second-order valence-corrected chi connectivity index (χ2v) is 7.51. The van der Waals surface area contributed by atoms with Gasteiger partial charge in [0.2, 0.25) is 0 Å². The zero-order valence-corrected chi connectivity index (χ0v) is 18.4. The van der Waals surface area contributed by atoms with E-state index in [1.807, 2.05) is 0 Å². The molecule has 0 saturated carbocycles. The standard InChI is InChI=1S/C20H12BrF5N2O6/c1-27-16(20(24,25)26)7-17(29)28(19(27)32)12-6-14(10(21)5-11(12)23)34-15-4-9(22)2-3-13(15)33-8-18(30)31/h2-7H,8H2,1H3,(H,30,31). The van der Waals surface area contributed by atoms with E-state index in [2.05, 4.69) is 15.9 Å². The summed E-state index contributed by atoms with van der Waals surface area (Å²) in [6.45, 7) is -0.797. The number of hydrogen-bond donors (Lipinski definition) is 1. The zero-order chi connectivity index (χ0) is 25.4. The molecule has 0 amide bonds. The monoisotopic (exact) mass is 550 g/mol. The number of alkyl halides is 3. The summed E-state index contributed by atoms with van der Waals surface area (Å²) in [6.07, 6.45) is -5.01. The van der Waals surface area contributed by atoms with E-state index in [-0.39, 0.29) is 36.9 Å². The molecule has 0 aliphatic heterocycles. The van der Waals surface area contributed by atoms with Crippen LogP contribution in [0.2, 0.25) is 0 Å². The van der Waals surface area contributed by atoms with E-state index < -0.39 is 53.0 Å². The molecule has 0 bridgehead atoms.